The number of fused-ring (bicyclic) bond motifs is 1. The number of carbonyl (C=O) groups excluding carboxylic acids is 1. The van der Waals surface area contributed by atoms with Gasteiger partial charge in [0.2, 0.25) is 5.91 Å². The molecule has 0 N–H and O–H groups in total. The Hall–Kier alpha value is -2.77. The first-order valence-corrected chi connectivity index (χ1v) is 10.2. The first-order valence-electron chi connectivity index (χ1n) is 9.79. The molecule has 1 fully saturated rings. The third kappa shape index (κ3) is 4.37. The fourth-order valence-electron chi connectivity index (χ4n) is 3.78. The molecule has 4 rings (SSSR count). The van der Waals surface area contributed by atoms with Crippen molar-refractivity contribution in [1.82, 2.24) is 20.1 Å². The molecule has 2 heterocycles. The van der Waals surface area contributed by atoms with Crippen LogP contribution in [0.2, 0.25) is 5.02 Å². The highest BCUT2D eigenvalue weighted by atomic mass is 35.5. The molecular weight excluding hydrogens is 407 g/mol. The van der Waals surface area contributed by atoms with E-state index in [0.717, 1.165) is 24.2 Å². The summed E-state index contributed by atoms with van der Waals surface area (Å²) in [5, 5.41) is 7.98. The maximum Gasteiger partial charge on any atom is 0.246 e. The Kier molecular flexibility index (Phi) is 5.83. The van der Waals surface area contributed by atoms with Gasteiger partial charge < -0.3 is 4.90 Å². The molecule has 8 heteroatoms. The third-order valence-corrected chi connectivity index (χ3v) is 5.74. The molecule has 0 saturated carbocycles. The summed E-state index contributed by atoms with van der Waals surface area (Å²) in [5.41, 5.74) is 2.86. The van der Waals surface area contributed by atoms with Gasteiger partial charge in [-0.05, 0) is 65.6 Å². The van der Waals surface area contributed by atoms with Crippen molar-refractivity contribution >= 4 is 34.6 Å². The van der Waals surface area contributed by atoms with Gasteiger partial charge in [-0.1, -0.05) is 23.7 Å². The van der Waals surface area contributed by atoms with Crippen LogP contribution in [-0.2, 0) is 11.3 Å². The molecule has 2 aromatic carbocycles. The molecule has 2 atom stereocenters. The molecule has 1 aliphatic heterocycles. The van der Waals surface area contributed by atoms with E-state index in [0.29, 0.717) is 22.6 Å². The zero-order valence-electron chi connectivity index (χ0n) is 16.8. The first kappa shape index (κ1) is 20.5. The number of piperazine rings is 1. The van der Waals surface area contributed by atoms with Gasteiger partial charge in [-0.2, -0.15) is 0 Å². The topological polar surface area (TPSA) is 62.5 Å². The molecule has 6 nitrogen and oxygen atoms in total. The van der Waals surface area contributed by atoms with Crippen LogP contribution < -0.4 is 0 Å². The van der Waals surface area contributed by atoms with Crippen molar-refractivity contribution in [2.45, 2.75) is 32.5 Å². The van der Waals surface area contributed by atoms with Crippen molar-refractivity contribution in [2.75, 3.05) is 13.1 Å². The molecule has 0 bridgehead atoms. The van der Waals surface area contributed by atoms with Gasteiger partial charge in [0.15, 0.2) is 5.52 Å². The van der Waals surface area contributed by atoms with Gasteiger partial charge in [0.25, 0.3) is 0 Å². The van der Waals surface area contributed by atoms with Gasteiger partial charge in [0, 0.05) is 37.8 Å². The zero-order valence-corrected chi connectivity index (χ0v) is 17.5. The summed E-state index contributed by atoms with van der Waals surface area (Å²) in [6.45, 7) is 6.25. The number of benzene rings is 2. The molecule has 0 aliphatic carbocycles. The van der Waals surface area contributed by atoms with Gasteiger partial charge in [0.1, 0.15) is 11.3 Å². The normalized spacial score (nSPS) is 20.3. The predicted molar refractivity (Wildman–Crippen MR) is 113 cm³/mol. The lowest BCUT2D eigenvalue weighted by molar-refractivity contribution is -0.131. The minimum Gasteiger partial charge on any atom is -0.334 e. The highest BCUT2D eigenvalue weighted by Crippen LogP contribution is 2.24. The third-order valence-electron chi connectivity index (χ3n) is 5.45. The second kappa shape index (κ2) is 8.53. The van der Waals surface area contributed by atoms with E-state index in [1.807, 2.05) is 11.8 Å². The van der Waals surface area contributed by atoms with Gasteiger partial charge in [-0.3, -0.25) is 9.69 Å². The highest BCUT2D eigenvalue weighted by molar-refractivity contribution is 6.35. The summed E-state index contributed by atoms with van der Waals surface area (Å²) in [5.74, 6) is -0.284. The van der Waals surface area contributed by atoms with Crippen molar-refractivity contribution in [3.05, 3.63) is 64.4 Å². The Bertz CT molecular complexity index is 1080. The van der Waals surface area contributed by atoms with Crippen LogP contribution in [0.3, 0.4) is 0 Å². The fourth-order valence-corrected chi connectivity index (χ4v) is 4.04. The quantitative estimate of drug-likeness (QED) is 0.584. The monoisotopic (exact) mass is 428 g/mol. The van der Waals surface area contributed by atoms with Crippen LogP contribution in [0.1, 0.15) is 25.0 Å². The van der Waals surface area contributed by atoms with E-state index in [1.54, 1.807) is 36.4 Å². The number of hydrogen-bond acceptors (Lipinski definition) is 5. The Morgan fingerprint density at radius 3 is 2.73 bits per heavy atom. The molecule has 1 aliphatic rings. The minimum absolute atomic E-state index is 0.0507. The number of aromatic nitrogens is 2. The van der Waals surface area contributed by atoms with E-state index in [4.69, 9.17) is 16.2 Å². The maximum absolute atomic E-state index is 13.1. The molecule has 2 unspecified atom stereocenters. The predicted octanol–water partition coefficient (Wildman–Crippen LogP) is 4.15. The van der Waals surface area contributed by atoms with E-state index in [9.17, 15) is 9.18 Å². The van der Waals surface area contributed by atoms with Crippen molar-refractivity contribution in [2.24, 2.45) is 0 Å². The number of carbonyl (C=O) groups is 1. The SMILES string of the molecule is CC1CN(C(=O)C=Cc2cc(Cl)c3nonc3c2)C(C)CN1Cc1ccc(F)cc1. The van der Waals surface area contributed by atoms with Gasteiger partial charge in [-0.25, -0.2) is 9.02 Å². The highest BCUT2D eigenvalue weighted by Gasteiger charge is 2.31. The Morgan fingerprint density at radius 2 is 1.97 bits per heavy atom. The summed E-state index contributed by atoms with van der Waals surface area (Å²) in [7, 11) is 0. The summed E-state index contributed by atoms with van der Waals surface area (Å²) in [4.78, 5) is 17.0. The molecule has 1 aromatic heterocycles. The summed E-state index contributed by atoms with van der Waals surface area (Å²) >= 11 is 6.18. The lowest BCUT2D eigenvalue weighted by Gasteiger charge is -2.44. The van der Waals surface area contributed by atoms with E-state index in [2.05, 4.69) is 22.1 Å². The number of halogens is 2. The summed E-state index contributed by atoms with van der Waals surface area (Å²) in [6, 6.07) is 10.3. The van der Waals surface area contributed by atoms with Gasteiger partial charge in [0.05, 0.1) is 5.02 Å². The summed E-state index contributed by atoms with van der Waals surface area (Å²) in [6.07, 6.45) is 3.29. The van der Waals surface area contributed by atoms with Crippen molar-refractivity contribution in [3.8, 4) is 0 Å². The van der Waals surface area contributed by atoms with E-state index in [1.165, 1.54) is 12.1 Å². The van der Waals surface area contributed by atoms with E-state index in [-0.39, 0.29) is 23.8 Å². The Labute approximate surface area is 178 Å². The molecule has 0 spiro atoms. The van der Waals surface area contributed by atoms with Crippen LogP contribution in [0, 0.1) is 5.82 Å². The standard InChI is InChI=1S/C22H22ClFN4O2/c1-14-12-28(15(2)11-27(14)13-16-3-6-18(24)7-4-16)21(29)8-5-17-9-19(23)22-20(10-17)25-30-26-22/h3-10,14-15H,11-13H2,1-2H3. The maximum atomic E-state index is 13.1. The molecule has 156 valence electrons. The lowest BCUT2D eigenvalue weighted by Crippen LogP contribution is -2.57. The van der Waals surface area contributed by atoms with Crippen molar-refractivity contribution in [3.63, 3.8) is 0 Å². The molecule has 1 saturated heterocycles. The number of rotatable bonds is 4. The van der Waals surface area contributed by atoms with Crippen LogP contribution in [0.5, 0.6) is 0 Å². The van der Waals surface area contributed by atoms with Crippen LogP contribution in [-0.4, -0.2) is 51.2 Å². The molecule has 3 aromatic rings. The molecule has 0 radical (unpaired) electrons. The van der Waals surface area contributed by atoms with E-state index >= 15 is 0 Å². The Balaban J connectivity index is 1.42. The first-order chi connectivity index (χ1) is 14.4. The number of nitrogens with zero attached hydrogens (tertiary/aromatic N) is 4. The minimum atomic E-state index is -0.234. The Morgan fingerprint density at radius 1 is 1.20 bits per heavy atom. The summed E-state index contributed by atoms with van der Waals surface area (Å²) < 4.78 is 17.8. The number of hydrogen-bond donors (Lipinski definition) is 0. The fraction of sp³-hybridized carbons (Fsp3) is 0.318. The van der Waals surface area contributed by atoms with Crippen LogP contribution in [0.4, 0.5) is 4.39 Å². The second-order valence-corrected chi connectivity index (χ2v) is 8.12. The number of amides is 1. The average molecular weight is 429 g/mol. The molecule has 30 heavy (non-hydrogen) atoms. The zero-order chi connectivity index (χ0) is 21.3. The molecular formula is C22H22ClFN4O2. The van der Waals surface area contributed by atoms with Crippen LogP contribution >= 0.6 is 11.6 Å². The van der Waals surface area contributed by atoms with Crippen molar-refractivity contribution in [1.29, 1.82) is 0 Å². The lowest BCUT2D eigenvalue weighted by atomic mass is 10.1. The van der Waals surface area contributed by atoms with Gasteiger partial charge >= 0.3 is 0 Å². The molecule has 1 amide bonds. The van der Waals surface area contributed by atoms with Crippen LogP contribution in [0.25, 0.3) is 17.1 Å². The smallest absolute Gasteiger partial charge is 0.246 e. The average Bonchev–Trinajstić information content (AvgIpc) is 3.19. The second-order valence-electron chi connectivity index (χ2n) is 7.71. The van der Waals surface area contributed by atoms with Crippen molar-refractivity contribution < 1.29 is 13.8 Å². The van der Waals surface area contributed by atoms with Gasteiger partial charge in [-0.15, -0.1) is 0 Å². The van der Waals surface area contributed by atoms with E-state index < -0.39 is 0 Å². The van der Waals surface area contributed by atoms with Crippen LogP contribution in [0.15, 0.2) is 47.1 Å². The largest absolute Gasteiger partial charge is 0.334 e.